The number of anilines is 1. The van der Waals surface area contributed by atoms with Crippen molar-refractivity contribution in [2.75, 3.05) is 11.9 Å². The van der Waals surface area contributed by atoms with Crippen LogP contribution in [-0.4, -0.2) is 43.5 Å². The number of nitrogens with one attached hydrogen (secondary N) is 1. The summed E-state index contributed by atoms with van der Waals surface area (Å²) in [4.78, 5) is 16.1. The second kappa shape index (κ2) is 6.71. The molecular weight excluding hydrogens is 423 g/mol. The van der Waals surface area contributed by atoms with Gasteiger partial charge in [-0.2, -0.15) is 0 Å². The lowest BCUT2D eigenvalue weighted by Gasteiger charge is -2.45. The first kappa shape index (κ1) is 20.1. The molecule has 0 saturated carbocycles. The Morgan fingerprint density at radius 3 is 2.66 bits per heavy atom. The van der Waals surface area contributed by atoms with Crippen molar-refractivity contribution in [2.24, 2.45) is 0 Å². The van der Waals surface area contributed by atoms with Crippen molar-refractivity contribution in [3.8, 4) is 11.3 Å². The molecule has 1 unspecified atom stereocenters. The van der Waals surface area contributed by atoms with Crippen LogP contribution in [0.2, 0.25) is 0 Å². The third-order valence-corrected chi connectivity index (χ3v) is 8.35. The van der Waals surface area contributed by atoms with Crippen LogP contribution in [0.3, 0.4) is 0 Å². The van der Waals surface area contributed by atoms with Gasteiger partial charge in [0.2, 0.25) is 0 Å². The molecule has 4 aromatic heterocycles. The predicted molar refractivity (Wildman–Crippen MR) is 127 cm³/mol. The standard InChI is InChI=1S/C24H27FN6S/c1-14-12-31-13-15(7-17(25)21(31)27-14)18-8-20-19(11-26-18)28-22(32-20)30(4)16-9-23(2)5-6-24(3,10-16)29-23/h7-8,11-13,16,29H,5-6,9-10H2,1-4H3/t16?,23-,24+. The van der Waals surface area contributed by atoms with Gasteiger partial charge in [0, 0.05) is 42.1 Å². The number of fused-ring (bicyclic) bond motifs is 4. The molecule has 4 aromatic rings. The average Bonchev–Trinajstić information content (AvgIpc) is 3.39. The van der Waals surface area contributed by atoms with E-state index in [0.717, 1.165) is 45.1 Å². The molecule has 0 aromatic carbocycles. The monoisotopic (exact) mass is 450 g/mol. The summed E-state index contributed by atoms with van der Waals surface area (Å²) in [5.74, 6) is -0.343. The van der Waals surface area contributed by atoms with Crippen LogP contribution >= 0.6 is 11.3 Å². The first-order chi connectivity index (χ1) is 15.2. The highest BCUT2D eigenvalue weighted by Gasteiger charge is 2.49. The minimum Gasteiger partial charge on any atom is -0.348 e. The number of hydrogen-bond donors (Lipinski definition) is 1. The Bertz CT molecular complexity index is 1340. The minimum atomic E-state index is -0.343. The van der Waals surface area contributed by atoms with Gasteiger partial charge in [-0.25, -0.2) is 14.4 Å². The maximum atomic E-state index is 14.6. The van der Waals surface area contributed by atoms with E-state index in [-0.39, 0.29) is 16.9 Å². The van der Waals surface area contributed by atoms with Crippen molar-refractivity contribution in [2.45, 2.75) is 63.6 Å². The molecule has 0 aliphatic carbocycles. The maximum Gasteiger partial charge on any atom is 0.186 e. The van der Waals surface area contributed by atoms with Crippen molar-refractivity contribution in [3.63, 3.8) is 0 Å². The Morgan fingerprint density at radius 2 is 1.91 bits per heavy atom. The number of nitrogens with zero attached hydrogens (tertiary/aromatic N) is 5. The van der Waals surface area contributed by atoms with E-state index >= 15 is 0 Å². The van der Waals surface area contributed by atoms with Crippen molar-refractivity contribution >= 4 is 32.3 Å². The second-order valence-corrected chi connectivity index (χ2v) is 11.2. The summed E-state index contributed by atoms with van der Waals surface area (Å²) in [5, 5.41) is 4.88. The Kier molecular flexibility index (Phi) is 4.21. The number of halogens is 1. The van der Waals surface area contributed by atoms with Crippen LogP contribution in [0.4, 0.5) is 9.52 Å². The molecule has 3 atom stereocenters. The van der Waals surface area contributed by atoms with Gasteiger partial charge in [0.1, 0.15) is 5.52 Å². The van der Waals surface area contributed by atoms with E-state index in [0.29, 0.717) is 11.7 Å². The fourth-order valence-electron chi connectivity index (χ4n) is 5.70. The zero-order valence-corrected chi connectivity index (χ0v) is 19.6. The van der Waals surface area contributed by atoms with Gasteiger partial charge in [0.25, 0.3) is 0 Å². The zero-order valence-electron chi connectivity index (χ0n) is 18.8. The van der Waals surface area contributed by atoms with Crippen molar-refractivity contribution in [1.29, 1.82) is 0 Å². The molecule has 2 saturated heterocycles. The zero-order chi connectivity index (χ0) is 22.3. The number of piperidine rings is 1. The lowest BCUT2D eigenvalue weighted by Crippen LogP contribution is -2.58. The summed E-state index contributed by atoms with van der Waals surface area (Å²) in [6, 6.07) is 3.99. The van der Waals surface area contributed by atoms with Crippen LogP contribution < -0.4 is 10.2 Å². The fourth-order valence-corrected chi connectivity index (χ4v) is 6.71. The smallest absolute Gasteiger partial charge is 0.186 e. The Hall–Kier alpha value is -2.58. The topological polar surface area (TPSA) is 58.4 Å². The summed E-state index contributed by atoms with van der Waals surface area (Å²) in [6.07, 6.45) is 10.2. The average molecular weight is 451 g/mol. The van der Waals surface area contributed by atoms with E-state index < -0.39 is 0 Å². The van der Waals surface area contributed by atoms with Crippen LogP contribution in [0.15, 0.2) is 30.7 Å². The molecule has 6 heterocycles. The molecule has 0 radical (unpaired) electrons. The first-order valence-corrected chi connectivity index (χ1v) is 12.0. The molecule has 0 spiro atoms. The molecule has 2 aliphatic heterocycles. The number of rotatable bonds is 3. The summed E-state index contributed by atoms with van der Waals surface area (Å²) in [6.45, 7) is 6.56. The largest absolute Gasteiger partial charge is 0.348 e. The molecule has 6 rings (SSSR count). The minimum absolute atomic E-state index is 0.214. The van der Waals surface area contributed by atoms with Crippen molar-refractivity contribution < 1.29 is 4.39 Å². The molecule has 2 bridgehead atoms. The normalized spacial score (nSPS) is 27.5. The highest BCUT2D eigenvalue weighted by atomic mass is 32.1. The highest BCUT2D eigenvalue weighted by molar-refractivity contribution is 7.22. The van der Waals surface area contributed by atoms with Gasteiger partial charge in [-0.05, 0) is 58.6 Å². The SMILES string of the molecule is Cc1cn2cc(-c3cc4sc(N(C)C5C[C@]6(C)CC[C@](C)(C5)N6)nc4cn3)cc(F)c2n1. The third kappa shape index (κ3) is 3.19. The molecule has 2 fully saturated rings. The number of aromatic nitrogens is 4. The lowest BCUT2D eigenvalue weighted by atomic mass is 9.84. The van der Waals surface area contributed by atoms with Crippen LogP contribution in [0.5, 0.6) is 0 Å². The Balaban J connectivity index is 1.33. The number of imidazole rings is 1. The lowest BCUT2D eigenvalue weighted by molar-refractivity contribution is 0.208. The van der Waals surface area contributed by atoms with E-state index in [1.165, 1.54) is 18.9 Å². The third-order valence-electron chi connectivity index (χ3n) is 7.24. The Morgan fingerprint density at radius 1 is 1.16 bits per heavy atom. The number of thiazole rings is 1. The quantitative estimate of drug-likeness (QED) is 0.478. The van der Waals surface area contributed by atoms with Crippen LogP contribution in [-0.2, 0) is 0 Å². The molecule has 0 amide bonds. The molecule has 6 nitrogen and oxygen atoms in total. The Labute approximate surface area is 190 Å². The van der Waals surface area contributed by atoms with Crippen molar-refractivity contribution in [3.05, 3.63) is 42.2 Å². The van der Waals surface area contributed by atoms with E-state index in [9.17, 15) is 4.39 Å². The van der Waals surface area contributed by atoms with Crippen molar-refractivity contribution in [1.82, 2.24) is 24.7 Å². The van der Waals surface area contributed by atoms with Gasteiger partial charge in [-0.1, -0.05) is 11.3 Å². The van der Waals surface area contributed by atoms with E-state index in [1.54, 1.807) is 21.9 Å². The van der Waals surface area contributed by atoms with Crippen LogP contribution in [0, 0.1) is 12.7 Å². The van der Waals surface area contributed by atoms with Gasteiger partial charge in [0.15, 0.2) is 16.6 Å². The summed E-state index contributed by atoms with van der Waals surface area (Å²) in [5.41, 5.74) is 3.91. The summed E-state index contributed by atoms with van der Waals surface area (Å²) in [7, 11) is 2.17. The van der Waals surface area contributed by atoms with E-state index in [1.807, 2.05) is 25.4 Å². The van der Waals surface area contributed by atoms with Gasteiger partial charge in [-0.15, -0.1) is 0 Å². The molecule has 32 heavy (non-hydrogen) atoms. The van der Waals surface area contributed by atoms with Gasteiger partial charge < -0.3 is 14.6 Å². The number of pyridine rings is 2. The molecule has 2 aliphatic rings. The molecule has 166 valence electrons. The summed E-state index contributed by atoms with van der Waals surface area (Å²) >= 11 is 1.68. The molecule has 1 N–H and O–H groups in total. The maximum absolute atomic E-state index is 14.6. The van der Waals surface area contributed by atoms with Crippen LogP contribution in [0.1, 0.15) is 45.2 Å². The highest BCUT2D eigenvalue weighted by Crippen LogP contribution is 2.44. The number of aryl methyl sites for hydroxylation is 1. The predicted octanol–water partition coefficient (Wildman–Crippen LogP) is 4.95. The van der Waals surface area contributed by atoms with E-state index in [2.05, 4.69) is 41.1 Å². The van der Waals surface area contributed by atoms with Gasteiger partial charge >= 0.3 is 0 Å². The molecular formula is C24H27FN6S. The van der Waals surface area contributed by atoms with Crippen LogP contribution in [0.25, 0.3) is 27.1 Å². The van der Waals surface area contributed by atoms with Gasteiger partial charge in [-0.3, -0.25) is 4.98 Å². The molecule has 8 heteroatoms. The fraction of sp³-hybridized carbons (Fsp3) is 0.458. The van der Waals surface area contributed by atoms with Gasteiger partial charge in [0.05, 0.1) is 22.3 Å². The van der Waals surface area contributed by atoms with E-state index in [4.69, 9.17) is 4.98 Å². The second-order valence-electron chi connectivity index (χ2n) is 10.1. The number of hydrogen-bond acceptors (Lipinski definition) is 6. The first-order valence-electron chi connectivity index (χ1n) is 11.1. The summed E-state index contributed by atoms with van der Waals surface area (Å²) < 4.78 is 17.4.